The molecular weight excluding hydrogens is 256 g/mol. The minimum atomic E-state index is -0.364. The molecule has 3 rings (SSSR count). The smallest absolute Gasteiger partial charge is 0.264 e. The van der Waals surface area contributed by atoms with E-state index in [9.17, 15) is 4.79 Å². The number of hydrogen-bond donors (Lipinski definition) is 1. The summed E-state index contributed by atoms with van der Waals surface area (Å²) in [4.78, 5) is 16.5. The van der Waals surface area contributed by atoms with Crippen molar-refractivity contribution in [2.75, 3.05) is 39.3 Å². The van der Waals surface area contributed by atoms with Crippen LogP contribution in [0.2, 0.25) is 0 Å². The van der Waals surface area contributed by atoms with Gasteiger partial charge in [0.2, 0.25) is 0 Å². The highest BCUT2D eigenvalue weighted by atomic mass is 16.5. The summed E-state index contributed by atoms with van der Waals surface area (Å²) in [5, 5.41) is 8.92. The van der Waals surface area contributed by atoms with E-state index in [2.05, 4.69) is 4.90 Å². The summed E-state index contributed by atoms with van der Waals surface area (Å²) in [5.74, 6) is 0.926. The number of carbonyl (C=O) groups excluding carboxylic acids is 1. The van der Waals surface area contributed by atoms with Crippen molar-refractivity contribution in [2.24, 2.45) is 0 Å². The van der Waals surface area contributed by atoms with Crippen molar-refractivity contribution in [1.82, 2.24) is 9.80 Å². The van der Waals surface area contributed by atoms with Gasteiger partial charge >= 0.3 is 0 Å². The maximum absolute atomic E-state index is 12.5. The van der Waals surface area contributed by atoms with E-state index in [0.29, 0.717) is 13.0 Å². The van der Waals surface area contributed by atoms with Crippen LogP contribution in [0.15, 0.2) is 24.3 Å². The molecule has 0 spiro atoms. The van der Waals surface area contributed by atoms with Gasteiger partial charge in [-0.25, -0.2) is 0 Å². The van der Waals surface area contributed by atoms with Crippen LogP contribution in [0.25, 0.3) is 0 Å². The van der Waals surface area contributed by atoms with E-state index in [1.807, 2.05) is 29.2 Å². The molecule has 1 fully saturated rings. The second-order valence-corrected chi connectivity index (χ2v) is 5.31. The van der Waals surface area contributed by atoms with Crippen molar-refractivity contribution >= 4 is 5.91 Å². The topological polar surface area (TPSA) is 53.0 Å². The van der Waals surface area contributed by atoms with E-state index in [-0.39, 0.29) is 18.6 Å². The van der Waals surface area contributed by atoms with Crippen LogP contribution in [-0.2, 0) is 11.2 Å². The van der Waals surface area contributed by atoms with Crippen LogP contribution >= 0.6 is 0 Å². The zero-order valence-corrected chi connectivity index (χ0v) is 11.5. The molecule has 0 aromatic heterocycles. The predicted molar refractivity (Wildman–Crippen MR) is 74.7 cm³/mol. The summed E-state index contributed by atoms with van der Waals surface area (Å²) in [7, 11) is 0. The fourth-order valence-electron chi connectivity index (χ4n) is 2.86. The zero-order valence-electron chi connectivity index (χ0n) is 11.5. The highest BCUT2D eigenvalue weighted by Crippen LogP contribution is 2.29. The fraction of sp³-hybridized carbons (Fsp3) is 0.533. The number of ether oxygens (including phenoxy) is 1. The molecule has 5 heteroatoms. The number of fused-ring (bicyclic) bond motifs is 1. The van der Waals surface area contributed by atoms with Crippen molar-refractivity contribution in [3.8, 4) is 5.75 Å². The minimum absolute atomic E-state index is 0.0878. The van der Waals surface area contributed by atoms with Gasteiger partial charge in [0.15, 0.2) is 6.10 Å². The molecule has 1 N–H and O–H groups in total. The summed E-state index contributed by atoms with van der Waals surface area (Å²) in [5.41, 5.74) is 1.12. The summed E-state index contributed by atoms with van der Waals surface area (Å²) in [6, 6.07) is 7.84. The molecule has 0 aliphatic carbocycles. The lowest BCUT2D eigenvalue weighted by Gasteiger charge is -2.35. The van der Waals surface area contributed by atoms with E-state index in [4.69, 9.17) is 9.84 Å². The zero-order chi connectivity index (χ0) is 13.9. The van der Waals surface area contributed by atoms with Gasteiger partial charge in [-0.3, -0.25) is 9.69 Å². The van der Waals surface area contributed by atoms with Crippen molar-refractivity contribution in [1.29, 1.82) is 0 Å². The van der Waals surface area contributed by atoms with Gasteiger partial charge in [0.05, 0.1) is 6.61 Å². The lowest BCUT2D eigenvalue weighted by molar-refractivity contribution is -0.139. The number of aliphatic hydroxyl groups excluding tert-OH is 1. The number of para-hydroxylation sites is 1. The highest BCUT2D eigenvalue weighted by Gasteiger charge is 2.33. The van der Waals surface area contributed by atoms with E-state index in [0.717, 1.165) is 37.5 Å². The third-order valence-electron chi connectivity index (χ3n) is 4.02. The average Bonchev–Trinajstić information content (AvgIpc) is 2.91. The van der Waals surface area contributed by atoms with Gasteiger partial charge in [-0.1, -0.05) is 18.2 Å². The molecule has 1 saturated heterocycles. The van der Waals surface area contributed by atoms with Crippen LogP contribution in [0, 0.1) is 0 Å². The molecule has 108 valence electrons. The van der Waals surface area contributed by atoms with E-state index < -0.39 is 0 Å². The number of piperazine rings is 1. The molecule has 1 atom stereocenters. The van der Waals surface area contributed by atoms with Gasteiger partial charge in [0.25, 0.3) is 5.91 Å². The molecule has 1 aromatic carbocycles. The molecule has 2 aliphatic heterocycles. The van der Waals surface area contributed by atoms with Crippen LogP contribution in [0.1, 0.15) is 5.56 Å². The maximum atomic E-state index is 12.5. The molecule has 0 radical (unpaired) electrons. The number of carbonyl (C=O) groups is 1. The number of amides is 1. The van der Waals surface area contributed by atoms with Gasteiger partial charge in [0.1, 0.15) is 5.75 Å². The largest absolute Gasteiger partial charge is 0.480 e. The molecule has 20 heavy (non-hydrogen) atoms. The van der Waals surface area contributed by atoms with Gasteiger partial charge in [-0.2, -0.15) is 0 Å². The number of nitrogens with zero attached hydrogens (tertiary/aromatic N) is 2. The van der Waals surface area contributed by atoms with Crippen LogP contribution in [0.5, 0.6) is 5.75 Å². The van der Waals surface area contributed by atoms with Crippen molar-refractivity contribution < 1.29 is 14.6 Å². The SMILES string of the molecule is O=C(C1Cc2ccccc2O1)N1CCN(CCO)CC1. The second kappa shape index (κ2) is 5.81. The summed E-state index contributed by atoms with van der Waals surface area (Å²) in [6.45, 7) is 3.95. The van der Waals surface area contributed by atoms with E-state index in [1.54, 1.807) is 0 Å². The van der Waals surface area contributed by atoms with Crippen LogP contribution in [-0.4, -0.2) is 66.2 Å². The van der Waals surface area contributed by atoms with Gasteiger partial charge in [0, 0.05) is 39.1 Å². The Labute approximate surface area is 118 Å². The average molecular weight is 276 g/mol. The third kappa shape index (κ3) is 2.64. The fourth-order valence-corrected chi connectivity index (χ4v) is 2.86. The van der Waals surface area contributed by atoms with E-state index >= 15 is 0 Å². The Bertz CT molecular complexity index is 459. The van der Waals surface area contributed by atoms with Crippen LogP contribution in [0.4, 0.5) is 0 Å². The monoisotopic (exact) mass is 276 g/mol. The first-order chi connectivity index (χ1) is 9.78. The minimum Gasteiger partial charge on any atom is -0.480 e. The number of benzene rings is 1. The number of hydrogen-bond acceptors (Lipinski definition) is 4. The molecule has 2 heterocycles. The summed E-state index contributed by atoms with van der Waals surface area (Å²) < 4.78 is 5.75. The molecule has 2 aliphatic rings. The Kier molecular flexibility index (Phi) is 3.89. The first-order valence-electron chi connectivity index (χ1n) is 7.14. The Hall–Kier alpha value is -1.59. The van der Waals surface area contributed by atoms with Gasteiger partial charge < -0.3 is 14.7 Å². The number of aliphatic hydroxyl groups is 1. The van der Waals surface area contributed by atoms with Crippen LogP contribution < -0.4 is 4.74 Å². The van der Waals surface area contributed by atoms with Crippen LogP contribution in [0.3, 0.4) is 0 Å². The number of rotatable bonds is 3. The second-order valence-electron chi connectivity index (χ2n) is 5.31. The first-order valence-corrected chi connectivity index (χ1v) is 7.14. The first kappa shape index (κ1) is 13.4. The van der Waals surface area contributed by atoms with E-state index in [1.165, 1.54) is 0 Å². The molecule has 1 unspecified atom stereocenters. The predicted octanol–water partition coefficient (Wildman–Crippen LogP) is 0.127. The summed E-state index contributed by atoms with van der Waals surface area (Å²) in [6.07, 6.45) is 0.308. The molecule has 1 aromatic rings. The Morgan fingerprint density at radius 2 is 2.00 bits per heavy atom. The molecule has 1 amide bonds. The third-order valence-corrected chi connectivity index (χ3v) is 4.02. The highest BCUT2D eigenvalue weighted by molar-refractivity contribution is 5.82. The normalized spacial score (nSPS) is 22.4. The molecule has 5 nitrogen and oxygen atoms in total. The van der Waals surface area contributed by atoms with Crippen molar-refractivity contribution in [3.05, 3.63) is 29.8 Å². The lowest BCUT2D eigenvalue weighted by Crippen LogP contribution is -2.52. The van der Waals surface area contributed by atoms with Crippen molar-refractivity contribution in [3.63, 3.8) is 0 Å². The quantitative estimate of drug-likeness (QED) is 0.852. The van der Waals surface area contributed by atoms with Crippen molar-refractivity contribution in [2.45, 2.75) is 12.5 Å². The van der Waals surface area contributed by atoms with Gasteiger partial charge in [-0.15, -0.1) is 0 Å². The summed E-state index contributed by atoms with van der Waals surface area (Å²) >= 11 is 0. The Balaban J connectivity index is 1.56. The Morgan fingerprint density at radius 1 is 1.25 bits per heavy atom. The Morgan fingerprint density at radius 3 is 2.70 bits per heavy atom. The maximum Gasteiger partial charge on any atom is 0.264 e. The molecule has 0 bridgehead atoms. The molecular formula is C15H20N2O3. The lowest BCUT2D eigenvalue weighted by atomic mass is 10.1. The standard InChI is InChI=1S/C15H20N2O3/c18-10-9-16-5-7-17(8-6-16)15(19)14-11-12-3-1-2-4-13(12)20-14/h1-4,14,18H,5-11H2. The number of β-amino-alcohol motifs (C(OH)–C–C–N with tert-alkyl or cyclic N) is 1. The van der Waals surface area contributed by atoms with Gasteiger partial charge in [-0.05, 0) is 11.6 Å². The molecule has 0 saturated carbocycles.